The van der Waals surface area contributed by atoms with E-state index >= 15 is 0 Å². The molecule has 3 aromatic rings. The molecule has 140 valence electrons. The van der Waals surface area contributed by atoms with Crippen molar-refractivity contribution in [2.75, 3.05) is 12.1 Å². The number of amides is 1. The normalized spacial score (nSPS) is 15.2. The topological polar surface area (TPSA) is 46.8 Å². The minimum Gasteiger partial charge on any atom is -0.497 e. The molecule has 0 fully saturated rings. The third-order valence-electron chi connectivity index (χ3n) is 4.76. The zero-order chi connectivity index (χ0) is 19.7. The highest BCUT2D eigenvalue weighted by molar-refractivity contribution is 6.32. The number of hydrazone groups is 1. The smallest absolute Gasteiger partial charge is 0.280 e. The molecule has 0 bridgehead atoms. The average molecular weight is 371 g/mol. The SMILES string of the molecule is COc1ccc(-n2cc(/C=C3\C(=O)N(c4ccccc4)N=C3C)cc2C)cc1. The number of hydrogen-bond donors (Lipinski definition) is 0. The van der Waals surface area contributed by atoms with Gasteiger partial charge in [0, 0.05) is 17.6 Å². The molecule has 0 atom stereocenters. The van der Waals surface area contributed by atoms with Crippen molar-refractivity contribution < 1.29 is 9.53 Å². The highest BCUT2D eigenvalue weighted by Gasteiger charge is 2.28. The summed E-state index contributed by atoms with van der Waals surface area (Å²) in [5.41, 5.74) is 5.16. The number of rotatable bonds is 4. The van der Waals surface area contributed by atoms with E-state index in [1.54, 1.807) is 7.11 Å². The number of carbonyl (C=O) groups excluding carboxylic acids is 1. The molecule has 2 heterocycles. The molecular weight excluding hydrogens is 350 g/mol. The van der Waals surface area contributed by atoms with E-state index in [1.807, 2.05) is 80.7 Å². The molecule has 4 rings (SSSR count). The van der Waals surface area contributed by atoms with Crippen LogP contribution in [0.5, 0.6) is 5.75 Å². The molecule has 5 nitrogen and oxygen atoms in total. The standard InChI is InChI=1S/C23H21N3O2/c1-16-13-18(15-25(16)19-9-11-21(28-3)12-10-19)14-22-17(2)24-26(23(22)27)20-7-5-4-6-8-20/h4-15H,1-3H3/b22-14-. The van der Waals surface area contributed by atoms with Crippen LogP contribution in [0.3, 0.4) is 0 Å². The maximum atomic E-state index is 12.9. The molecule has 0 saturated carbocycles. The molecule has 0 N–H and O–H groups in total. The summed E-state index contributed by atoms with van der Waals surface area (Å²) in [4.78, 5) is 12.9. The minimum absolute atomic E-state index is 0.112. The van der Waals surface area contributed by atoms with Gasteiger partial charge in [-0.05, 0) is 68.0 Å². The van der Waals surface area contributed by atoms with Gasteiger partial charge in [-0.3, -0.25) is 4.79 Å². The zero-order valence-electron chi connectivity index (χ0n) is 16.1. The predicted octanol–water partition coefficient (Wildman–Crippen LogP) is 4.60. The molecular formula is C23H21N3O2. The molecule has 5 heteroatoms. The molecule has 0 spiro atoms. The molecule has 1 aliphatic rings. The fourth-order valence-corrected chi connectivity index (χ4v) is 3.29. The molecule has 0 radical (unpaired) electrons. The van der Waals surface area contributed by atoms with Gasteiger partial charge in [0.2, 0.25) is 0 Å². The first-order chi connectivity index (χ1) is 13.6. The molecule has 0 aliphatic carbocycles. The number of aryl methyl sites for hydroxylation is 1. The van der Waals surface area contributed by atoms with Gasteiger partial charge >= 0.3 is 0 Å². The minimum atomic E-state index is -0.112. The maximum absolute atomic E-state index is 12.9. The Morgan fingerprint density at radius 3 is 2.36 bits per heavy atom. The Balaban J connectivity index is 1.64. The van der Waals surface area contributed by atoms with Crippen molar-refractivity contribution in [2.24, 2.45) is 5.10 Å². The van der Waals surface area contributed by atoms with E-state index in [0.29, 0.717) is 11.3 Å². The second-order valence-electron chi connectivity index (χ2n) is 6.68. The van der Waals surface area contributed by atoms with Gasteiger partial charge in [-0.15, -0.1) is 0 Å². The lowest BCUT2D eigenvalue weighted by molar-refractivity contribution is -0.114. The zero-order valence-corrected chi connectivity index (χ0v) is 16.1. The van der Waals surface area contributed by atoms with Crippen LogP contribution < -0.4 is 9.75 Å². The predicted molar refractivity (Wildman–Crippen MR) is 112 cm³/mol. The van der Waals surface area contributed by atoms with Crippen LogP contribution >= 0.6 is 0 Å². The summed E-state index contributed by atoms with van der Waals surface area (Å²) in [5.74, 6) is 0.707. The molecule has 1 aromatic heterocycles. The van der Waals surface area contributed by atoms with Crippen LogP contribution in [0.2, 0.25) is 0 Å². The van der Waals surface area contributed by atoms with E-state index in [4.69, 9.17) is 4.74 Å². The van der Waals surface area contributed by atoms with Crippen molar-refractivity contribution in [3.63, 3.8) is 0 Å². The molecule has 0 unspecified atom stereocenters. The Labute approximate surface area is 164 Å². The lowest BCUT2D eigenvalue weighted by Gasteiger charge is -2.10. The highest BCUT2D eigenvalue weighted by atomic mass is 16.5. The highest BCUT2D eigenvalue weighted by Crippen LogP contribution is 2.26. The van der Waals surface area contributed by atoms with Gasteiger partial charge < -0.3 is 9.30 Å². The number of anilines is 1. The molecule has 28 heavy (non-hydrogen) atoms. The van der Waals surface area contributed by atoms with Crippen molar-refractivity contribution in [1.82, 2.24) is 4.57 Å². The molecule has 0 saturated heterocycles. The van der Waals surface area contributed by atoms with Crippen LogP contribution in [0, 0.1) is 6.92 Å². The maximum Gasteiger partial charge on any atom is 0.280 e. The van der Waals surface area contributed by atoms with Gasteiger partial charge in [-0.1, -0.05) is 18.2 Å². The summed E-state index contributed by atoms with van der Waals surface area (Å²) in [6.07, 6.45) is 3.92. The van der Waals surface area contributed by atoms with Gasteiger partial charge in [0.25, 0.3) is 5.91 Å². The second-order valence-corrected chi connectivity index (χ2v) is 6.68. The third kappa shape index (κ3) is 3.22. The fourth-order valence-electron chi connectivity index (χ4n) is 3.29. The van der Waals surface area contributed by atoms with E-state index in [2.05, 4.69) is 15.7 Å². The summed E-state index contributed by atoms with van der Waals surface area (Å²) in [6, 6.07) is 19.4. The van der Waals surface area contributed by atoms with Crippen LogP contribution in [-0.2, 0) is 4.79 Å². The number of aromatic nitrogens is 1. The summed E-state index contributed by atoms with van der Waals surface area (Å²) in [7, 11) is 1.65. The van der Waals surface area contributed by atoms with Gasteiger partial charge in [0.05, 0.1) is 24.1 Å². The Hall–Kier alpha value is -3.60. The van der Waals surface area contributed by atoms with Crippen molar-refractivity contribution in [1.29, 1.82) is 0 Å². The van der Waals surface area contributed by atoms with Crippen LogP contribution in [0.25, 0.3) is 11.8 Å². The first-order valence-electron chi connectivity index (χ1n) is 9.07. The second kappa shape index (κ2) is 7.19. The van der Waals surface area contributed by atoms with Crippen LogP contribution in [0.4, 0.5) is 5.69 Å². The van der Waals surface area contributed by atoms with Crippen LogP contribution in [0.1, 0.15) is 18.2 Å². The largest absolute Gasteiger partial charge is 0.497 e. The number of hydrogen-bond acceptors (Lipinski definition) is 3. The lowest BCUT2D eigenvalue weighted by atomic mass is 10.1. The summed E-state index contributed by atoms with van der Waals surface area (Å²) < 4.78 is 7.32. The number of para-hydroxylation sites is 1. The van der Waals surface area contributed by atoms with E-state index in [0.717, 1.165) is 28.4 Å². The van der Waals surface area contributed by atoms with Crippen molar-refractivity contribution >= 4 is 23.4 Å². The lowest BCUT2D eigenvalue weighted by Crippen LogP contribution is -2.21. The first-order valence-corrected chi connectivity index (χ1v) is 9.07. The Bertz CT molecular complexity index is 1080. The Morgan fingerprint density at radius 1 is 0.964 bits per heavy atom. The fraction of sp³-hybridized carbons (Fsp3) is 0.130. The van der Waals surface area contributed by atoms with Crippen LogP contribution in [-0.4, -0.2) is 23.3 Å². The summed E-state index contributed by atoms with van der Waals surface area (Å²) in [5, 5.41) is 5.89. The van der Waals surface area contributed by atoms with E-state index in [1.165, 1.54) is 5.01 Å². The molecule has 1 amide bonds. The quantitative estimate of drug-likeness (QED) is 0.629. The summed E-state index contributed by atoms with van der Waals surface area (Å²) >= 11 is 0. The van der Waals surface area contributed by atoms with Gasteiger partial charge in [-0.25, -0.2) is 0 Å². The van der Waals surface area contributed by atoms with Gasteiger partial charge in [0.15, 0.2) is 0 Å². The molecule has 1 aliphatic heterocycles. The van der Waals surface area contributed by atoms with E-state index in [9.17, 15) is 4.79 Å². The third-order valence-corrected chi connectivity index (χ3v) is 4.76. The van der Waals surface area contributed by atoms with Crippen LogP contribution in [0.15, 0.2) is 77.5 Å². The first kappa shape index (κ1) is 17.8. The Morgan fingerprint density at radius 2 is 1.68 bits per heavy atom. The summed E-state index contributed by atoms with van der Waals surface area (Å²) in [6.45, 7) is 3.90. The number of benzene rings is 2. The Kier molecular flexibility index (Phi) is 4.57. The van der Waals surface area contributed by atoms with Gasteiger partial charge in [-0.2, -0.15) is 10.1 Å². The number of carbonyl (C=O) groups is 1. The van der Waals surface area contributed by atoms with Crippen molar-refractivity contribution in [2.45, 2.75) is 13.8 Å². The van der Waals surface area contributed by atoms with E-state index < -0.39 is 0 Å². The number of methoxy groups -OCH3 is 1. The number of ether oxygens (including phenoxy) is 1. The number of nitrogens with zero attached hydrogens (tertiary/aromatic N) is 3. The van der Waals surface area contributed by atoms with Crippen molar-refractivity contribution in [3.8, 4) is 11.4 Å². The van der Waals surface area contributed by atoms with Crippen molar-refractivity contribution in [3.05, 3.63) is 83.7 Å². The average Bonchev–Trinajstić information content (AvgIpc) is 3.23. The molecule has 2 aromatic carbocycles. The van der Waals surface area contributed by atoms with Gasteiger partial charge in [0.1, 0.15) is 5.75 Å². The van der Waals surface area contributed by atoms with E-state index in [-0.39, 0.29) is 5.91 Å². The monoisotopic (exact) mass is 371 g/mol.